The Kier molecular flexibility index (Phi) is 7.40. The summed E-state index contributed by atoms with van der Waals surface area (Å²) in [5, 5.41) is 12.7. The van der Waals surface area contributed by atoms with Gasteiger partial charge in [-0.1, -0.05) is 49.1 Å². The zero-order valence-corrected chi connectivity index (χ0v) is 16.2. The fourth-order valence-corrected chi connectivity index (χ4v) is 3.61. The van der Waals surface area contributed by atoms with Gasteiger partial charge in [0.1, 0.15) is 6.61 Å². The third-order valence-electron chi connectivity index (χ3n) is 5.00. The molecule has 4 nitrogen and oxygen atoms in total. The predicted octanol–water partition coefficient (Wildman–Crippen LogP) is 4.73. The second-order valence-corrected chi connectivity index (χ2v) is 7.30. The van der Waals surface area contributed by atoms with Gasteiger partial charge >= 0.3 is 0 Å². The Morgan fingerprint density at radius 2 is 1.78 bits per heavy atom. The van der Waals surface area contributed by atoms with E-state index in [2.05, 4.69) is 36.5 Å². The molecule has 1 saturated carbocycles. The van der Waals surface area contributed by atoms with Crippen molar-refractivity contribution < 1.29 is 14.6 Å². The average Bonchev–Trinajstić information content (AvgIpc) is 2.68. The summed E-state index contributed by atoms with van der Waals surface area (Å²) in [7, 11) is 0. The largest absolute Gasteiger partial charge is 0.489 e. The molecule has 0 saturated heterocycles. The molecule has 3 rings (SSSR count). The molecule has 0 atom stereocenters. The van der Waals surface area contributed by atoms with E-state index >= 15 is 0 Å². The van der Waals surface area contributed by atoms with Crippen molar-refractivity contribution in [2.45, 2.75) is 51.5 Å². The molecule has 2 N–H and O–H groups in total. The fraction of sp³-hybridized carbons (Fsp3) is 0.478. The predicted molar refractivity (Wildman–Crippen MR) is 110 cm³/mol. The highest BCUT2D eigenvalue weighted by Gasteiger charge is 2.14. The van der Waals surface area contributed by atoms with E-state index in [4.69, 9.17) is 14.6 Å². The first kappa shape index (κ1) is 19.6. The van der Waals surface area contributed by atoms with E-state index in [0.717, 1.165) is 17.9 Å². The van der Waals surface area contributed by atoms with Gasteiger partial charge < -0.3 is 19.9 Å². The summed E-state index contributed by atoms with van der Waals surface area (Å²) in [6.45, 7) is 2.95. The van der Waals surface area contributed by atoms with Crippen molar-refractivity contribution in [1.29, 1.82) is 0 Å². The molecule has 27 heavy (non-hydrogen) atoms. The SMILES string of the molecule is Cc1cccc(CCOc2cc(NC3CCCCC3)ccc2OCCO)c1. The smallest absolute Gasteiger partial charge is 0.163 e. The molecule has 146 valence electrons. The summed E-state index contributed by atoms with van der Waals surface area (Å²) >= 11 is 0. The number of benzene rings is 2. The van der Waals surface area contributed by atoms with Crippen molar-refractivity contribution >= 4 is 5.69 Å². The van der Waals surface area contributed by atoms with E-state index in [1.807, 2.05) is 18.2 Å². The number of nitrogens with one attached hydrogen (secondary N) is 1. The lowest BCUT2D eigenvalue weighted by molar-refractivity contribution is 0.193. The molecular weight excluding hydrogens is 338 g/mol. The van der Waals surface area contributed by atoms with E-state index in [1.54, 1.807) is 0 Å². The number of ether oxygens (including phenoxy) is 2. The van der Waals surface area contributed by atoms with Crippen LogP contribution in [0, 0.1) is 6.92 Å². The molecule has 2 aromatic rings. The van der Waals surface area contributed by atoms with Gasteiger partial charge in [-0.3, -0.25) is 0 Å². The minimum atomic E-state index is -0.00912. The molecule has 0 heterocycles. The number of rotatable bonds is 9. The first-order valence-corrected chi connectivity index (χ1v) is 10.1. The van der Waals surface area contributed by atoms with Crippen LogP contribution in [0.15, 0.2) is 42.5 Å². The van der Waals surface area contributed by atoms with E-state index in [-0.39, 0.29) is 13.2 Å². The van der Waals surface area contributed by atoms with Gasteiger partial charge in [0.15, 0.2) is 11.5 Å². The molecule has 2 aromatic carbocycles. The maximum atomic E-state index is 9.06. The topological polar surface area (TPSA) is 50.7 Å². The van der Waals surface area contributed by atoms with E-state index in [1.165, 1.54) is 43.2 Å². The minimum absolute atomic E-state index is 0.00912. The summed E-state index contributed by atoms with van der Waals surface area (Å²) in [6, 6.07) is 15.0. The number of hydrogen-bond donors (Lipinski definition) is 2. The highest BCUT2D eigenvalue weighted by Crippen LogP contribution is 2.32. The molecule has 0 bridgehead atoms. The van der Waals surface area contributed by atoms with Gasteiger partial charge in [-0.05, 0) is 37.5 Å². The van der Waals surface area contributed by atoms with Crippen LogP contribution in [0.2, 0.25) is 0 Å². The molecule has 0 aromatic heterocycles. The van der Waals surface area contributed by atoms with Crippen molar-refractivity contribution in [3.63, 3.8) is 0 Å². The quantitative estimate of drug-likeness (QED) is 0.671. The Bertz CT molecular complexity index is 711. The van der Waals surface area contributed by atoms with Crippen LogP contribution in [0.3, 0.4) is 0 Å². The molecule has 1 aliphatic carbocycles. The summed E-state index contributed by atoms with van der Waals surface area (Å²) in [5.41, 5.74) is 3.60. The molecular formula is C23H31NO3. The summed E-state index contributed by atoms with van der Waals surface area (Å²) in [5.74, 6) is 1.42. The van der Waals surface area contributed by atoms with Crippen molar-refractivity contribution in [2.75, 3.05) is 25.1 Å². The Labute approximate surface area is 162 Å². The van der Waals surface area contributed by atoms with E-state index < -0.39 is 0 Å². The Morgan fingerprint density at radius 3 is 2.56 bits per heavy atom. The summed E-state index contributed by atoms with van der Waals surface area (Å²) in [6.07, 6.45) is 7.25. The monoisotopic (exact) mass is 369 g/mol. The number of hydrogen-bond acceptors (Lipinski definition) is 4. The van der Waals surface area contributed by atoms with Crippen LogP contribution in [0.25, 0.3) is 0 Å². The molecule has 0 aliphatic heterocycles. The van der Waals surface area contributed by atoms with E-state index in [0.29, 0.717) is 18.4 Å². The molecule has 0 radical (unpaired) electrons. The number of aryl methyl sites for hydroxylation is 1. The Hall–Kier alpha value is -2.20. The number of aliphatic hydroxyl groups is 1. The van der Waals surface area contributed by atoms with Crippen molar-refractivity contribution in [1.82, 2.24) is 0 Å². The first-order chi connectivity index (χ1) is 13.2. The zero-order chi connectivity index (χ0) is 18.9. The highest BCUT2D eigenvalue weighted by atomic mass is 16.5. The van der Waals surface area contributed by atoms with Gasteiger partial charge in [-0.2, -0.15) is 0 Å². The van der Waals surface area contributed by atoms with Gasteiger partial charge in [0.25, 0.3) is 0 Å². The number of aliphatic hydroxyl groups excluding tert-OH is 1. The van der Waals surface area contributed by atoms with E-state index in [9.17, 15) is 0 Å². The maximum Gasteiger partial charge on any atom is 0.163 e. The normalized spacial score (nSPS) is 14.7. The third-order valence-corrected chi connectivity index (χ3v) is 5.00. The molecule has 1 fully saturated rings. The molecule has 1 aliphatic rings. The van der Waals surface area contributed by atoms with Crippen LogP contribution in [-0.2, 0) is 6.42 Å². The van der Waals surface area contributed by atoms with Crippen LogP contribution in [0.5, 0.6) is 11.5 Å². The van der Waals surface area contributed by atoms with Crippen LogP contribution in [0.1, 0.15) is 43.2 Å². The average molecular weight is 370 g/mol. The van der Waals surface area contributed by atoms with Gasteiger partial charge in [0, 0.05) is 24.2 Å². The van der Waals surface area contributed by atoms with Crippen LogP contribution in [0.4, 0.5) is 5.69 Å². The standard InChI is InChI=1S/C23H31NO3/c1-18-6-5-7-19(16-18)12-14-26-23-17-21(10-11-22(23)27-15-13-25)24-20-8-3-2-4-9-20/h5-7,10-11,16-17,20,24-25H,2-4,8-9,12-15H2,1H3. The second-order valence-electron chi connectivity index (χ2n) is 7.30. The van der Waals surface area contributed by atoms with Crippen molar-refractivity contribution in [3.05, 3.63) is 53.6 Å². The van der Waals surface area contributed by atoms with Gasteiger partial charge in [0.05, 0.1) is 13.2 Å². The van der Waals surface area contributed by atoms with Gasteiger partial charge in [-0.15, -0.1) is 0 Å². The maximum absolute atomic E-state index is 9.06. The molecule has 4 heteroatoms. The second kappa shape index (κ2) is 10.2. The lowest BCUT2D eigenvalue weighted by Gasteiger charge is -2.24. The minimum Gasteiger partial charge on any atom is -0.489 e. The third kappa shape index (κ3) is 6.17. The lowest BCUT2D eigenvalue weighted by Crippen LogP contribution is -2.22. The van der Waals surface area contributed by atoms with Gasteiger partial charge in [-0.25, -0.2) is 0 Å². The molecule has 0 unspecified atom stereocenters. The fourth-order valence-electron chi connectivity index (χ4n) is 3.61. The van der Waals surface area contributed by atoms with Gasteiger partial charge in [0.2, 0.25) is 0 Å². The summed E-state index contributed by atoms with van der Waals surface area (Å²) in [4.78, 5) is 0. The number of anilines is 1. The highest BCUT2D eigenvalue weighted by molar-refractivity contribution is 5.55. The zero-order valence-electron chi connectivity index (χ0n) is 16.2. The summed E-state index contributed by atoms with van der Waals surface area (Å²) < 4.78 is 11.7. The van der Waals surface area contributed by atoms with Crippen molar-refractivity contribution in [2.24, 2.45) is 0 Å². The van der Waals surface area contributed by atoms with Crippen LogP contribution < -0.4 is 14.8 Å². The van der Waals surface area contributed by atoms with Crippen LogP contribution >= 0.6 is 0 Å². The molecule has 0 amide bonds. The van der Waals surface area contributed by atoms with Crippen molar-refractivity contribution in [3.8, 4) is 11.5 Å². The van der Waals surface area contributed by atoms with Crippen LogP contribution in [-0.4, -0.2) is 31.0 Å². The Morgan fingerprint density at radius 1 is 0.963 bits per heavy atom. The Balaban J connectivity index is 1.64. The first-order valence-electron chi connectivity index (χ1n) is 10.1. The molecule has 0 spiro atoms. The lowest BCUT2D eigenvalue weighted by atomic mass is 9.95.